The largest absolute Gasteiger partial charge is 0.458 e. The topological polar surface area (TPSA) is 109 Å². The molecule has 0 bridgehead atoms. The normalized spacial score (nSPS) is 35.9. The van der Waals surface area contributed by atoms with Gasteiger partial charge in [0.2, 0.25) is 0 Å². The van der Waals surface area contributed by atoms with E-state index < -0.39 is 35.6 Å². The third kappa shape index (κ3) is 7.16. The highest BCUT2D eigenvalue weighted by Crippen LogP contribution is 2.45. The molecule has 2 N–H and O–H groups in total. The molecule has 0 amide bonds. The van der Waals surface area contributed by atoms with Crippen LogP contribution in [0.15, 0.2) is 23.6 Å². The summed E-state index contributed by atoms with van der Waals surface area (Å²) in [6.45, 7) is 14.9. The number of aryl methyl sites for hydroxylation is 1. The molecule has 2 aliphatic heterocycles. The highest BCUT2D eigenvalue weighted by atomic mass is 32.1. The fraction of sp³-hybridized carbons (Fsp3) is 0.690. The summed E-state index contributed by atoms with van der Waals surface area (Å²) >= 11 is 1.56. The van der Waals surface area contributed by atoms with Gasteiger partial charge in [0.1, 0.15) is 11.9 Å². The smallest absolute Gasteiger partial charge is 0.309 e. The third-order valence-electron chi connectivity index (χ3n) is 8.17. The Morgan fingerprint density at radius 1 is 1.30 bits per heavy atom. The molecule has 0 aromatic carbocycles. The van der Waals surface area contributed by atoms with Gasteiger partial charge in [0.15, 0.2) is 0 Å². The number of cyclic esters (lactones) is 1. The zero-order chi connectivity index (χ0) is 27.5. The number of fused-ring (bicyclic) bond motifs is 1. The lowest BCUT2D eigenvalue weighted by Gasteiger charge is -2.35. The first kappa shape index (κ1) is 29.7. The maximum Gasteiger partial charge on any atom is 0.309 e. The number of ketones is 1. The van der Waals surface area contributed by atoms with E-state index in [0.717, 1.165) is 35.5 Å². The lowest BCUT2D eigenvalue weighted by Crippen LogP contribution is -2.46. The molecule has 0 aliphatic carbocycles. The number of esters is 1. The Kier molecular flexibility index (Phi) is 9.54. The van der Waals surface area contributed by atoms with Gasteiger partial charge in [-0.3, -0.25) is 9.59 Å². The number of ether oxygens (including phenoxy) is 2. The number of thiazole rings is 1. The van der Waals surface area contributed by atoms with Crippen LogP contribution in [0.1, 0.15) is 83.8 Å². The number of aliphatic hydroxyl groups is 2. The first-order chi connectivity index (χ1) is 17.3. The van der Waals surface area contributed by atoms with Crippen LogP contribution in [0.3, 0.4) is 0 Å². The van der Waals surface area contributed by atoms with Crippen molar-refractivity contribution in [2.75, 3.05) is 0 Å². The first-order valence-corrected chi connectivity index (χ1v) is 14.2. The molecule has 2 saturated heterocycles. The Morgan fingerprint density at radius 2 is 2.00 bits per heavy atom. The van der Waals surface area contributed by atoms with Gasteiger partial charge >= 0.3 is 5.97 Å². The Labute approximate surface area is 225 Å². The van der Waals surface area contributed by atoms with E-state index >= 15 is 0 Å². The third-order valence-corrected chi connectivity index (χ3v) is 8.96. The van der Waals surface area contributed by atoms with Crippen LogP contribution in [-0.4, -0.2) is 57.0 Å². The number of hydrogen-bond donors (Lipinski definition) is 2. The van der Waals surface area contributed by atoms with Crippen molar-refractivity contribution in [2.45, 2.75) is 110 Å². The molecule has 1 aromatic rings. The number of aromatic nitrogens is 1. The van der Waals surface area contributed by atoms with Crippen LogP contribution in [0.5, 0.6) is 0 Å². The summed E-state index contributed by atoms with van der Waals surface area (Å²) in [6, 6.07) is 0. The average molecular weight is 534 g/mol. The fourth-order valence-electron chi connectivity index (χ4n) is 5.29. The summed E-state index contributed by atoms with van der Waals surface area (Å²) in [4.78, 5) is 31.1. The highest BCUT2D eigenvalue weighted by Gasteiger charge is 2.53. The molecule has 8 heteroatoms. The van der Waals surface area contributed by atoms with Gasteiger partial charge in [0, 0.05) is 17.7 Å². The predicted molar refractivity (Wildman–Crippen MR) is 145 cm³/mol. The van der Waals surface area contributed by atoms with Crippen molar-refractivity contribution in [2.24, 2.45) is 17.3 Å². The Hall–Kier alpha value is -1.87. The van der Waals surface area contributed by atoms with Crippen molar-refractivity contribution in [1.82, 2.24) is 4.98 Å². The number of hydrogen-bond acceptors (Lipinski definition) is 8. The van der Waals surface area contributed by atoms with E-state index in [2.05, 4.69) is 18.5 Å². The quantitative estimate of drug-likeness (QED) is 0.317. The number of Topliss-reactive ketones (excluding diaryl/α,β-unsaturated/α-hetero) is 1. The van der Waals surface area contributed by atoms with Crippen LogP contribution in [0.25, 0.3) is 6.08 Å². The van der Waals surface area contributed by atoms with Crippen LogP contribution in [0.4, 0.5) is 0 Å². The van der Waals surface area contributed by atoms with E-state index in [0.29, 0.717) is 12.8 Å². The van der Waals surface area contributed by atoms with Gasteiger partial charge in [-0.15, -0.1) is 17.9 Å². The van der Waals surface area contributed by atoms with Crippen LogP contribution < -0.4 is 0 Å². The summed E-state index contributed by atoms with van der Waals surface area (Å²) in [5, 5.41) is 25.0. The number of carbonyl (C=O) groups excluding carboxylic acids is 2. The molecule has 0 unspecified atom stereocenters. The number of allylic oxidation sites excluding steroid dienone is 1. The average Bonchev–Trinajstić information content (AvgIpc) is 3.27. The second-order valence-electron chi connectivity index (χ2n) is 11.6. The highest BCUT2D eigenvalue weighted by molar-refractivity contribution is 7.09. The van der Waals surface area contributed by atoms with E-state index in [4.69, 9.17) is 9.47 Å². The van der Waals surface area contributed by atoms with E-state index in [-0.39, 0.29) is 29.8 Å². The molecule has 0 spiro atoms. The molecule has 1 aromatic heterocycles. The van der Waals surface area contributed by atoms with Crippen molar-refractivity contribution in [3.63, 3.8) is 0 Å². The Balaban J connectivity index is 1.88. The van der Waals surface area contributed by atoms with Crippen molar-refractivity contribution in [1.29, 1.82) is 0 Å². The van der Waals surface area contributed by atoms with E-state index in [1.807, 2.05) is 32.2 Å². The molecule has 2 fully saturated rings. The fourth-order valence-corrected chi connectivity index (χ4v) is 5.86. The van der Waals surface area contributed by atoms with Crippen molar-refractivity contribution in [3.8, 4) is 0 Å². The van der Waals surface area contributed by atoms with Crippen molar-refractivity contribution >= 4 is 29.2 Å². The monoisotopic (exact) mass is 533 g/mol. The standard InChI is InChI=1S/C29H43NO6S/c1-8-10-21-26(33)17(2)11-9-12-29(7)24(36-29)14-22(18(3)13-20-16-37-19(4)30-20)35-25(32)15-23(31)28(5,6)27(21)34/h8,13,16-17,21-24,26,31,33H,1,9-12,14-15H2,2-7H3/b18-13+/t17-,21+,22-,23-,24-,26-,29+/m0/s1. The number of epoxide rings is 1. The van der Waals surface area contributed by atoms with Crippen molar-refractivity contribution in [3.05, 3.63) is 34.3 Å². The second-order valence-corrected chi connectivity index (χ2v) is 12.7. The minimum absolute atomic E-state index is 0.0598. The molecular weight excluding hydrogens is 490 g/mol. The van der Waals surface area contributed by atoms with Crippen LogP contribution in [-0.2, 0) is 19.1 Å². The van der Waals surface area contributed by atoms with Gasteiger partial charge < -0.3 is 19.7 Å². The van der Waals surface area contributed by atoms with Gasteiger partial charge in [-0.25, -0.2) is 4.98 Å². The summed E-state index contributed by atoms with van der Waals surface area (Å²) < 4.78 is 12.0. The van der Waals surface area contributed by atoms with E-state index in [1.165, 1.54) is 0 Å². The SMILES string of the molecule is C=CC[C@H]1C(=O)C(C)(C)[C@@H](O)CC(=O)O[C@H](/C(C)=C/c2csc(C)n2)C[C@@H]2O[C@]2(C)CCC[C@H](C)[C@@H]1O. The van der Waals surface area contributed by atoms with Gasteiger partial charge in [0.25, 0.3) is 0 Å². The molecule has 3 heterocycles. The first-order valence-electron chi connectivity index (χ1n) is 13.3. The van der Waals surface area contributed by atoms with Crippen LogP contribution >= 0.6 is 11.3 Å². The lowest BCUT2D eigenvalue weighted by molar-refractivity contribution is -0.154. The lowest BCUT2D eigenvalue weighted by atomic mass is 9.71. The van der Waals surface area contributed by atoms with E-state index in [1.54, 1.807) is 31.3 Å². The van der Waals surface area contributed by atoms with Crippen molar-refractivity contribution < 1.29 is 29.3 Å². The zero-order valence-electron chi connectivity index (χ0n) is 23.0. The summed E-state index contributed by atoms with van der Waals surface area (Å²) in [6.07, 6.45) is 3.71. The molecule has 3 rings (SSSR count). The molecule has 0 radical (unpaired) electrons. The molecule has 7 nitrogen and oxygen atoms in total. The number of carbonyl (C=O) groups is 2. The summed E-state index contributed by atoms with van der Waals surface area (Å²) in [5.41, 5.74) is 0.101. The maximum atomic E-state index is 13.6. The van der Waals surface area contributed by atoms with Gasteiger partial charge in [-0.1, -0.05) is 33.3 Å². The number of aliphatic hydroxyl groups excluding tert-OH is 2. The molecule has 7 atom stereocenters. The summed E-state index contributed by atoms with van der Waals surface area (Å²) in [7, 11) is 0. The zero-order valence-corrected chi connectivity index (χ0v) is 23.8. The second kappa shape index (κ2) is 11.9. The maximum absolute atomic E-state index is 13.6. The van der Waals surface area contributed by atoms with Gasteiger partial charge in [0.05, 0.1) is 46.5 Å². The molecule has 37 heavy (non-hydrogen) atoms. The molecule has 0 saturated carbocycles. The predicted octanol–water partition coefficient (Wildman–Crippen LogP) is 5.03. The van der Waals surface area contributed by atoms with Gasteiger partial charge in [-0.05, 0) is 57.6 Å². The van der Waals surface area contributed by atoms with Crippen LogP contribution in [0.2, 0.25) is 0 Å². The van der Waals surface area contributed by atoms with Crippen LogP contribution in [0, 0.1) is 24.2 Å². The minimum Gasteiger partial charge on any atom is -0.458 e. The number of rotatable bonds is 4. The number of nitrogens with zero attached hydrogens (tertiary/aromatic N) is 1. The van der Waals surface area contributed by atoms with E-state index in [9.17, 15) is 19.8 Å². The molecule has 2 aliphatic rings. The summed E-state index contributed by atoms with van der Waals surface area (Å²) in [5.74, 6) is -1.67. The minimum atomic E-state index is -1.26. The Bertz CT molecular complexity index is 1020. The molecule has 206 valence electrons. The Morgan fingerprint density at radius 3 is 2.62 bits per heavy atom. The molecular formula is C29H43NO6S. The van der Waals surface area contributed by atoms with Gasteiger partial charge in [-0.2, -0.15) is 0 Å².